The summed E-state index contributed by atoms with van der Waals surface area (Å²) < 4.78 is 10.6. The van der Waals surface area contributed by atoms with Crippen molar-refractivity contribution in [2.24, 2.45) is 0 Å². The maximum Gasteiger partial charge on any atom is 0.279 e. The van der Waals surface area contributed by atoms with E-state index in [2.05, 4.69) is 10.9 Å². The Bertz CT molecular complexity index is 830. The number of carbonyl (C=O) groups excluding carboxylic acids is 2. The Labute approximate surface area is 165 Å². The second-order valence-electron chi connectivity index (χ2n) is 5.12. The predicted octanol–water partition coefficient (Wildman–Crippen LogP) is 3.88. The lowest BCUT2D eigenvalue weighted by atomic mass is 10.2. The summed E-state index contributed by atoms with van der Waals surface area (Å²) in [6.45, 7) is 1.51. The third-order valence-electron chi connectivity index (χ3n) is 3.27. The molecule has 0 aliphatic heterocycles. The molecule has 0 aromatic heterocycles. The van der Waals surface area contributed by atoms with Gasteiger partial charge in [0, 0.05) is 10.0 Å². The Morgan fingerprint density at radius 3 is 2.27 bits per heavy atom. The van der Waals surface area contributed by atoms with Gasteiger partial charge in [0.25, 0.3) is 11.8 Å². The summed E-state index contributed by atoms with van der Waals surface area (Å²) in [4.78, 5) is 24.3. The normalized spacial score (nSPS) is 11.4. The van der Waals surface area contributed by atoms with Gasteiger partial charge in [-0.25, -0.2) is 0 Å². The molecule has 0 bridgehead atoms. The van der Waals surface area contributed by atoms with E-state index in [-0.39, 0.29) is 16.3 Å². The number of hydrogen-bond donors (Lipinski definition) is 2. The van der Waals surface area contributed by atoms with Crippen LogP contribution < -0.4 is 20.3 Å². The molecule has 2 amide bonds. The smallest absolute Gasteiger partial charge is 0.279 e. The van der Waals surface area contributed by atoms with Gasteiger partial charge in [0.15, 0.2) is 6.10 Å². The quantitative estimate of drug-likeness (QED) is 0.724. The van der Waals surface area contributed by atoms with Gasteiger partial charge in [0.05, 0.1) is 17.7 Å². The van der Waals surface area contributed by atoms with Crippen molar-refractivity contribution in [1.82, 2.24) is 10.9 Å². The van der Waals surface area contributed by atoms with Crippen LogP contribution in [0.25, 0.3) is 0 Å². The van der Waals surface area contributed by atoms with E-state index in [1.54, 1.807) is 12.1 Å². The molecule has 0 radical (unpaired) electrons. The number of benzene rings is 2. The Hall–Kier alpha value is -2.15. The molecule has 9 heteroatoms. The molecule has 26 heavy (non-hydrogen) atoms. The molecule has 2 aromatic carbocycles. The van der Waals surface area contributed by atoms with Gasteiger partial charge in [-0.1, -0.05) is 34.8 Å². The molecule has 0 saturated carbocycles. The van der Waals surface area contributed by atoms with Gasteiger partial charge in [-0.15, -0.1) is 0 Å². The van der Waals surface area contributed by atoms with Crippen LogP contribution in [0.2, 0.25) is 15.1 Å². The molecule has 0 aliphatic carbocycles. The van der Waals surface area contributed by atoms with E-state index in [9.17, 15) is 9.59 Å². The average Bonchev–Trinajstić information content (AvgIpc) is 2.61. The van der Waals surface area contributed by atoms with Gasteiger partial charge >= 0.3 is 0 Å². The molecule has 6 nitrogen and oxygen atoms in total. The third-order valence-corrected chi connectivity index (χ3v) is 4.04. The van der Waals surface area contributed by atoms with Crippen molar-refractivity contribution >= 4 is 46.6 Å². The molecule has 1 atom stereocenters. The summed E-state index contributed by atoms with van der Waals surface area (Å²) in [5.41, 5.74) is 4.78. The average molecular weight is 418 g/mol. The molecule has 0 spiro atoms. The van der Waals surface area contributed by atoms with Crippen LogP contribution in [-0.4, -0.2) is 25.0 Å². The molecule has 0 saturated heterocycles. The van der Waals surface area contributed by atoms with Crippen LogP contribution in [0.4, 0.5) is 0 Å². The van der Waals surface area contributed by atoms with E-state index in [4.69, 9.17) is 44.3 Å². The van der Waals surface area contributed by atoms with Crippen molar-refractivity contribution in [3.05, 3.63) is 57.0 Å². The third kappa shape index (κ3) is 5.17. The van der Waals surface area contributed by atoms with Crippen molar-refractivity contribution in [3.8, 4) is 11.5 Å². The molecule has 2 N–H and O–H groups in total. The van der Waals surface area contributed by atoms with E-state index in [1.807, 2.05) is 0 Å². The fraction of sp³-hybridized carbons (Fsp3) is 0.176. The first kappa shape index (κ1) is 20.2. The molecule has 0 fully saturated rings. The van der Waals surface area contributed by atoms with Crippen LogP contribution in [0.5, 0.6) is 11.5 Å². The molecule has 138 valence electrons. The van der Waals surface area contributed by atoms with Crippen molar-refractivity contribution in [3.63, 3.8) is 0 Å². The number of carbonyl (C=O) groups is 2. The molecule has 2 aromatic rings. The minimum absolute atomic E-state index is 0.214. The van der Waals surface area contributed by atoms with Crippen molar-refractivity contribution in [2.75, 3.05) is 7.11 Å². The van der Waals surface area contributed by atoms with Crippen LogP contribution in [0, 0.1) is 0 Å². The van der Waals surface area contributed by atoms with Crippen LogP contribution in [0.15, 0.2) is 36.4 Å². The van der Waals surface area contributed by atoms with E-state index >= 15 is 0 Å². The summed E-state index contributed by atoms with van der Waals surface area (Å²) in [6, 6.07) is 9.14. The highest BCUT2D eigenvalue weighted by atomic mass is 35.5. The van der Waals surface area contributed by atoms with Gasteiger partial charge in [0.1, 0.15) is 11.5 Å². The Morgan fingerprint density at radius 1 is 0.962 bits per heavy atom. The van der Waals surface area contributed by atoms with Gasteiger partial charge in [-0.05, 0) is 43.3 Å². The van der Waals surface area contributed by atoms with Gasteiger partial charge in [-0.2, -0.15) is 0 Å². The first-order valence-corrected chi connectivity index (χ1v) is 8.50. The van der Waals surface area contributed by atoms with Crippen LogP contribution >= 0.6 is 34.8 Å². The summed E-state index contributed by atoms with van der Waals surface area (Å²) in [5, 5.41) is 1.14. The highest BCUT2D eigenvalue weighted by Crippen LogP contribution is 2.28. The van der Waals surface area contributed by atoms with E-state index in [0.29, 0.717) is 15.8 Å². The summed E-state index contributed by atoms with van der Waals surface area (Å²) in [6.07, 6.45) is -0.916. The highest BCUT2D eigenvalue weighted by molar-refractivity contribution is 6.35. The zero-order valence-corrected chi connectivity index (χ0v) is 16.1. The molecule has 0 heterocycles. The Kier molecular flexibility index (Phi) is 6.97. The lowest BCUT2D eigenvalue weighted by molar-refractivity contribution is -0.128. The molecule has 0 aliphatic rings. The van der Waals surface area contributed by atoms with E-state index in [0.717, 1.165) is 0 Å². The predicted molar refractivity (Wildman–Crippen MR) is 100 cm³/mol. The fourth-order valence-electron chi connectivity index (χ4n) is 1.95. The molecule has 1 unspecified atom stereocenters. The fourth-order valence-corrected chi connectivity index (χ4v) is 2.57. The van der Waals surface area contributed by atoms with Gasteiger partial charge in [0.2, 0.25) is 0 Å². The number of ether oxygens (including phenoxy) is 2. The minimum Gasteiger partial charge on any atom is -0.496 e. The largest absolute Gasteiger partial charge is 0.496 e. The topological polar surface area (TPSA) is 76.7 Å². The minimum atomic E-state index is -0.916. The van der Waals surface area contributed by atoms with Crippen molar-refractivity contribution in [2.45, 2.75) is 13.0 Å². The molecule has 2 rings (SSSR count). The SMILES string of the molecule is COc1cc(Cl)ccc1C(=O)NNC(=O)C(C)Oc1ccc(Cl)cc1Cl. The summed E-state index contributed by atoms with van der Waals surface area (Å²) in [7, 11) is 1.41. The van der Waals surface area contributed by atoms with Crippen LogP contribution in [0.3, 0.4) is 0 Å². The number of methoxy groups -OCH3 is 1. The summed E-state index contributed by atoms with van der Waals surface area (Å²) >= 11 is 17.7. The maximum absolute atomic E-state index is 12.2. The Morgan fingerprint density at radius 2 is 1.62 bits per heavy atom. The zero-order chi connectivity index (χ0) is 19.3. The molecular formula is C17H15Cl3N2O4. The van der Waals surface area contributed by atoms with E-state index < -0.39 is 17.9 Å². The van der Waals surface area contributed by atoms with Crippen LogP contribution in [-0.2, 0) is 4.79 Å². The number of nitrogens with one attached hydrogen (secondary N) is 2. The first-order valence-electron chi connectivity index (χ1n) is 7.37. The summed E-state index contributed by atoms with van der Waals surface area (Å²) in [5.74, 6) is -0.563. The van der Waals surface area contributed by atoms with Gasteiger partial charge in [-0.3, -0.25) is 20.4 Å². The number of halogens is 3. The van der Waals surface area contributed by atoms with Crippen LogP contribution in [0.1, 0.15) is 17.3 Å². The molecular weight excluding hydrogens is 403 g/mol. The number of rotatable bonds is 5. The monoisotopic (exact) mass is 416 g/mol. The maximum atomic E-state index is 12.2. The number of hydrazine groups is 1. The lowest BCUT2D eigenvalue weighted by Crippen LogP contribution is -2.47. The number of amides is 2. The first-order chi connectivity index (χ1) is 12.3. The van der Waals surface area contributed by atoms with Crippen molar-refractivity contribution < 1.29 is 19.1 Å². The van der Waals surface area contributed by atoms with Crippen molar-refractivity contribution in [1.29, 1.82) is 0 Å². The Balaban J connectivity index is 1.96. The second-order valence-corrected chi connectivity index (χ2v) is 6.40. The highest BCUT2D eigenvalue weighted by Gasteiger charge is 2.18. The zero-order valence-electron chi connectivity index (χ0n) is 13.8. The lowest BCUT2D eigenvalue weighted by Gasteiger charge is -2.16. The van der Waals surface area contributed by atoms with Gasteiger partial charge < -0.3 is 9.47 Å². The number of hydrogen-bond acceptors (Lipinski definition) is 4. The van der Waals surface area contributed by atoms with E-state index in [1.165, 1.54) is 38.3 Å². The second kappa shape index (κ2) is 8.98. The standard InChI is InChI=1S/C17H15Cl3N2O4/c1-9(26-14-6-4-10(18)7-13(14)20)16(23)21-22-17(24)12-5-3-11(19)8-15(12)25-2/h3-9H,1-2H3,(H,21,23)(H,22,24).